The summed E-state index contributed by atoms with van der Waals surface area (Å²) in [5, 5.41) is 0.788. The summed E-state index contributed by atoms with van der Waals surface area (Å²) in [6.45, 7) is 2.87. The number of benzene rings is 1. The third-order valence-corrected chi connectivity index (χ3v) is 3.79. The molecular weight excluding hydrogens is 234 g/mol. The zero-order chi connectivity index (χ0) is 12.0. The van der Waals surface area contributed by atoms with E-state index >= 15 is 0 Å². The molecule has 90 valence electrons. The summed E-state index contributed by atoms with van der Waals surface area (Å²) >= 11 is 6.00. The van der Waals surface area contributed by atoms with E-state index in [9.17, 15) is 0 Å². The van der Waals surface area contributed by atoms with Gasteiger partial charge in [0.15, 0.2) is 5.96 Å². The van der Waals surface area contributed by atoms with Gasteiger partial charge in [0.2, 0.25) is 0 Å². The molecule has 0 spiro atoms. The number of aliphatic imine (C=N–C) groups is 1. The Balaban J connectivity index is 1.93. The number of nitrogens with zero attached hydrogens (tertiary/aromatic N) is 2. The van der Waals surface area contributed by atoms with Crippen LogP contribution in [0.5, 0.6) is 0 Å². The van der Waals surface area contributed by atoms with Crippen molar-refractivity contribution in [3.05, 3.63) is 34.3 Å². The van der Waals surface area contributed by atoms with Crippen LogP contribution in [0.1, 0.15) is 30.0 Å². The molecule has 1 aromatic carbocycles. The molecule has 3 rings (SSSR count). The molecule has 3 nitrogen and oxygen atoms in total. The molecular formula is C13H16ClN3. The van der Waals surface area contributed by atoms with Crippen molar-refractivity contribution in [3.63, 3.8) is 0 Å². The van der Waals surface area contributed by atoms with Crippen LogP contribution in [-0.2, 0) is 0 Å². The summed E-state index contributed by atoms with van der Waals surface area (Å²) in [5.41, 5.74) is 8.49. The molecule has 0 amide bonds. The number of guanidine groups is 1. The van der Waals surface area contributed by atoms with Gasteiger partial charge in [-0.2, -0.15) is 0 Å². The first-order chi connectivity index (χ1) is 8.16. The predicted molar refractivity (Wildman–Crippen MR) is 70.3 cm³/mol. The van der Waals surface area contributed by atoms with Gasteiger partial charge in [-0.1, -0.05) is 17.7 Å². The fraction of sp³-hybridized carbons (Fsp3) is 0.462. The third-order valence-electron chi connectivity index (χ3n) is 3.56. The topological polar surface area (TPSA) is 41.6 Å². The first-order valence-electron chi connectivity index (χ1n) is 6.01. The largest absolute Gasteiger partial charge is 0.370 e. The van der Waals surface area contributed by atoms with Crippen molar-refractivity contribution in [2.75, 3.05) is 6.54 Å². The average Bonchev–Trinajstić information content (AvgIpc) is 3.03. The minimum absolute atomic E-state index is 0.305. The normalized spacial score (nSPS) is 24.0. The molecule has 1 atom stereocenters. The SMILES string of the molecule is Cc1cc(Cl)ccc1C1CN=C(N)N1C1CC1. The summed E-state index contributed by atoms with van der Waals surface area (Å²) in [6, 6.07) is 6.97. The Labute approximate surface area is 106 Å². The molecule has 17 heavy (non-hydrogen) atoms. The smallest absolute Gasteiger partial charge is 0.192 e. The van der Waals surface area contributed by atoms with Gasteiger partial charge in [0.05, 0.1) is 12.6 Å². The van der Waals surface area contributed by atoms with Crippen molar-refractivity contribution in [3.8, 4) is 0 Å². The molecule has 1 heterocycles. The second-order valence-corrected chi connectivity index (χ2v) is 5.29. The van der Waals surface area contributed by atoms with Crippen molar-refractivity contribution >= 4 is 17.6 Å². The monoisotopic (exact) mass is 249 g/mol. The van der Waals surface area contributed by atoms with Crippen molar-refractivity contribution in [1.29, 1.82) is 0 Å². The minimum atomic E-state index is 0.305. The molecule has 2 N–H and O–H groups in total. The highest BCUT2D eigenvalue weighted by Crippen LogP contribution is 2.38. The molecule has 0 bridgehead atoms. The summed E-state index contributed by atoms with van der Waals surface area (Å²) in [6.07, 6.45) is 2.47. The Morgan fingerprint density at radius 1 is 1.41 bits per heavy atom. The summed E-state index contributed by atoms with van der Waals surface area (Å²) < 4.78 is 0. The lowest BCUT2D eigenvalue weighted by Gasteiger charge is -2.27. The molecule has 1 aliphatic carbocycles. The van der Waals surface area contributed by atoms with Gasteiger partial charge in [0.1, 0.15) is 0 Å². The zero-order valence-electron chi connectivity index (χ0n) is 9.86. The Hall–Kier alpha value is -1.22. The third kappa shape index (κ3) is 1.89. The molecule has 1 aliphatic heterocycles. The molecule has 1 fully saturated rings. The summed E-state index contributed by atoms with van der Waals surface area (Å²) in [4.78, 5) is 6.66. The Morgan fingerprint density at radius 2 is 2.18 bits per heavy atom. The minimum Gasteiger partial charge on any atom is -0.370 e. The Bertz CT molecular complexity index is 480. The lowest BCUT2D eigenvalue weighted by Crippen LogP contribution is -2.38. The quantitative estimate of drug-likeness (QED) is 0.875. The number of nitrogens with two attached hydrogens (primary N) is 1. The van der Waals surface area contributed by atoms with Crippen LogP contribution >= 0.6 is 11.6 Å². The van der Waals surface area contributed by atoms with Gasteiger partial charge in [-0.3, -0.25) is 4.99 Å². The van der Waals surface area contributed by atoms with Crippen LogP contribution in [0.25, 0.3) is 0 Å². The maximum atomic E-state index is 6.00. The van der Waals surface area contributed by atoms with Gasteiger partial charge < -0.3 is 10.6 Å². The van der Waals surface area contributed by atoms with Gasteiger partial charge in [-0.15, -0.1) is 0 Å². The highest BCUT2D eigenvalue weighted by Gasteiger charge is 2.39. The van der Waals surface area contributed by atoms with Gasteiger partial charge in [0, 0.05) is 11.1 Å². The molecule has 1 saturated carbocycles. The number of halogens is 1. The van der Waals surface area contributed by atoms with Crippen molar-refractivity contribution in [1.82, 2.24) is 4.90 Å². The van der Waals surface area contributed by atoms with E-state index < -0.39 is 0 Å². The van der Waals surface area contributed by atoms with E-state index in [0.29, 0.717) is 18.0 Å². The van der Waals surface area contributed by atoms with Crippen LogP contribution in [-0.4, -0.2) is 23.4 Å². The van der Waals surface area contributed by atoms with Crippen molar-refractivity contribution in [2.24, 2.45) is 10.7 Å². The lowest BCUT2D eigenvalue weighted by atomic mass is 10.0. The van der Waals surface area contributed by atoms with E-state index in [1.807, 2.05) is 12.1 Å². The number of hydrogen-bond donors (Lipinski definition) is 1. The Kier molecular flexibility index (Phi) is 2.51. The maximum Gasteiger partial charge on any atom is 0.192 e. The number of aryl methyl sites for hydroxylation is 1. The van der Waals surface area contributed by atoms with Crippen LogP contribution in [0.15, 0.2) is 23.2 Å². The maximum absolute atomic E-state index is 6.00. The fourth-order valence-electron chi connectivity index (χ4n) is 2.56. The van der Waals surface area contributed by atoms with Crippen LogP contribution in [0.4, 0.5) is 0 Å². The van der Waals surface area contributed by atoms with Crippen LogP contribution in [0.2, 0.25) is 5.02 Å². The second kappa shape index (κ2) is 3.91. The average molecular weight is 250 g/mol. The Morgan fingerprint density at radius 3 is 2.82 bits per heavy atom. The van der Waals surface area contributed by atoms with E-state index in [0.717, 1.165) is 11.6 Å². The van der Waals surface area contributed by atoms with E-state index in [-0.39, 0.29) is 0 Å². The number of hydrogen-bond acceptors (Lipinski definition) is 3. The highest BCUT2D eigenvalue weighted by atomic mass is 35.5. The summed E-state index contributed by atoms with van der Waals surface area (Å²) in [5.74, 6) is 0.701. The first kappa shape index (κ1) is 10.9. The van der Waals surface area contributed by atoms with Crippen LogP contribution in [0.3, 0.4) is 0 Å². The molecule has 1 unspecified atom stereocenters. The van der Waals surface area contributed by atoms with Gasteiger partial charge in [0.25, 0.3) is 0 Å². The molecule has 1 aromatic rings. The van der Waals surface area contributed by atoms with E-state index in [1.165, 1.54) is 24.0 Å². The van der Waals surface area contributed by atoms with Crippen molar-refractivity contribution in [2.45, 2.75) is 31.8 Å². The van der Waals surface area contributed by atoms with Crippen LogP contribution in [0, 0.1) is 6.92 Å². The molecule has 2 aliphatic rings. The predicted octanol–water partition coefficient (Wildman–Crippen LogP) is 2.48. The fourth-order valence-corrected chi connectivity index (χ4v) is 2.79. The standard InChI is InChI=1S/C13H16ClN3/c1-8-6-9(14)2-5-11(8)12-7-16-13(15)17(12)10-3-4-10/h2,5-6,10,12H,3-4,7H2,1H3,(H2,15,16). The van der Waals surface area contributed by atoms with Gasteiger partial charge >= 0.3 is 0 Å². The van der Waals surface area contributed by atoms with E-state index in [2.05, 4.69) is 22.9 Å². The van der Waals surface area contributed by atoms with Gasteiger partial charge in [-0.25, -0.2) is 0 Å². The second-order valence-electron chi connectivity index (χ2n) is 4.85. The lowest BCUT2D eigenvalue weighted by molar-refractivity contribution is 0.337. The molecule has 0 saturated heterocycles. The molecule has 0 radical (unpaired) electrons. The van der Waals surface area contributed by atoms with E-state index in [1.54, 1.807) is 0 Å². The first-order valence-corrected chi connectivity index (χ1v) is 6.39. The number of rotatable bonds is 2. The molecule has 4 heteroatoms. The highest BCUT2D eigenvalue weighted by molar-refractivity contribution is 6.30. The zero-order valence-corrected chi connectivity index (χ0v) is 10.6. The molecule has 0 aromatic heterocycles. The van der Waals surface area contributed by atoms with Gasteiger partial charge in [-0.05, 0) is 43.0 Å². The van der Waals surface area contributed by atoms with Crippen molar-refractivity contribution < 1.29 is 0 Å². The summed E-state index contributed by atoms with van der Waals surface area (Å²) in [7, 11) is 0. The van der Waals surface area contributed by atoms with Crippen LogP contribution < -0.4 is 5.73 Å². The van der Waals surface area contributed by atoms with E-state index in [4.69, 9.17) is 17.3 Å².